The molecule has 0 bridgehead atoms. The molecule has 1 atom stereocenters. The number of hydrogen-bond donors (Lipinski definition) is 1. The highest BCUT2D eigenvalue weighted by atomic mass is 16.5. The SMILES string of the molecule is COC(C)(C)CC(C)N1CCC(NCC2CC2)CC1. The molecule has 2 fully saturated rings. The van der Waals surface area contributed by atoms with Gasteiger partial charge in [0, 0.05) is 19.2 Å². The van der Waals surface area contributed by atoms with Crippen LogP contribution in [-0.2, 0) is 4.74 Å². The lowest BCUT2D eigenvalue weighted by Crippen LogP contribution is -2.48. The summed E-state index contributed by atoms with van der Waals surface area (Å²) in [4.78, 5) is 2.63. The molecule has 112 valence electrons. The average Bonchev–Trinajstić information content (AvgIpc) is 3.20. The maximum Gasteiger partial charge on any atom is 0.0637 e. The Bertz CT molecular complexity index is 268. The summed E-state index contributed by atoms with van der Waals surface area (Å²) in [5.41, 5.74) is 0.000485. The second kappa shape index (κ2) is 6.55. The Morgan fingerprint density at radius 2 is 1.84 bits per heavy atom. The number of piperidine rings is 1. The van der Waals surface area contributed by atoms with Gasteiger partial charge in [-0.15, -0.1) is 0 Å². The van der Waals surface area contributed by atoms with Gasteiger partial charge < -0.3 is 15.0 Å². The average molecular weight is 268 g/mol. The Labute approximate surface area is 119 Å². The highest BCUT2D eigenvalue weighted by Gasteiger charge is 2.28. The van der Waals surface area contributed by atoms with Crippen molar-refractivity contribution in [1.82, 2.24) is 10.2 Å². The van der Waals surface area contributed by atoms with E-state index in [0.717, 1.165) is 18.4 Å². The lowest BCUT2D eigenvalue weighted by atomic mass is 9.96. The highest BCUT2D eigenvalue weighted by molar-refractivity contribution is 4.85. The van der Waals surface area contributed by atoms with E-state index in [0.29, 0.717) is 6.04 Å². The zero-order valence-corrected chi connectivity index (χ0v) is 13.2. The minimum Gasteiger partial charge on any atom is -0.379 e. The molecule has 0 aromatic heterocycles. The van der Waals surface area contributed by atoms with E-state index in [-0.39, 0.29) is 5.60 Å². The number of likely N-dealkylation sites (tertiary alicyclic amines) is 1. The Kier molecular flexibility index (Phi) is 5.27. The van der Waals surface area contributed by atoms with Crippen molar-refractivity contribution in [2.24, 2.45) is 5.92 Å². The van der Waals surface area contributed by atoms with E-state index in [1.54, 1.807) is 0 Å². The molecule has 1 aliphatic carbocycles. The number of nitrogens with zero attached hydrogens (tertiary/aromatic N) is 1. The van der Waals surface area contributed by atoms with Crippen molar-refractivity contribution >= 4 is 0 Å². The van der Waals surface area contributed by atoms with E-state index in [9.17, 15) is 0 Å². The van der Waals surface area contributed by atoms with Crippen LogP contribution in [0.1, 0.15) is 52.9 Å². The summed E-state index contributed by atoms with van der Waals surface area (Å²) in [5, 5.41) is 3.75. The number of methoxy groups -OCH3 is 1. The van der Waals surface area contributed by atoms with Crippen molar-refractivity contribution in [3.8, 4) is 0 Å². The first-order valence-corrected chi connectivity index (χ1v) is 8.03. The third kappa shape index (κ3) is 5.05. The molecule has 0 aromatic carbocycles. The number of ether oxygens (including phenoxy) is 1. The van der Waals surface area contributed by atoms with Gasteiger partial charge in [0.05, 0.1) is 5.60 Å². The first-order chi connectivity index (χ1) is 9.00. The molecule has 1 aliphatic heterocycles. The summed E-state index contributed by atoms with van der Waals surface area (Å²) in [6.45, 7) is 10.5. The Morgan fingerprint density at radius 1 is 1.21 bits per heavy atom. The van der Waals surface area contributed by atoms with Gasteiger partial charge >= 0.3 is 0 Å². The van der Waals surface area contributed by atoms with Crippen molar-refractivity contribution in [2.75, 3.05) is 26.7 Å². The van der Waals surface area contributed by atoms with Crippen LogP contribution in [0.5, 0.6) is 0 Å². The van der Waals surface area contributed by atoms with Crippen molar-refractivity contribution in [1.29, 1.82) is 0 Å². The van der Waals surface area contributed by atoms with Gasteiger partial charge in [-0.2, -0.15) is 0 Å². The zero-order chi connectivity index (χ0) is 13.9. The van der Waals surface area contributed by atoms with Crippen LogP contribution in [0.2, 0.25) is 0 Å². The Balaban J connectivity index is 1.66. The van der Waals surface area contributed by atoms with Gasteiger partial charge in [0.25, 0.3) is 0 Å². The summed E-state index contributed by atoms with van der Waals surface area (Å²) >= 11 is 0. The molecular formula is C16H32N2O. The minimum absolute atomic E-state index is 0.000485. The molecule has 0 spiro atoms. The van der Waals surface area contributed by atoms with Gasteiger partial charge in [-0.05, 0) is 78.4 Å². The fraction of sp³-hybridized carbons (Fsp3) is 1.00. The van der Waals surface area contributed by atoms with Gasteiger partial charge in [0.1, 0.15) is 0 Å². The second-order valence-electron chi connectivity index (χ2n) is 7.18. The number of nitrogens with one attached hydrogen (secondary N) is 1. The molecule has 1 N–H and O–H groups in total. The molecule has 3 heteroatoms. The standard InChI is InChI=1S/C16H32N2O/c1-13(11-16(2,3)19-4)18-9-7-15(8-10-18)17-12-14-5-6-14/h13-15,17H,5-12H2,1-4H3. The molecule has 3 nitrogen and oxygen atoms in total. The summed E-state index contributed by atoms with van der Waals surface area (Å²) in [6.07, 6.45) is 6.64. The molecule has 2 aliphatic rings. The van der Waals surface area contributed by atoms with Crippen LogP contribution in [0.3, 0.4) is 0 Å². The van der Waals surface area contributed by atoms with Crippen LogP contribution >= 0.6 is 0 Å². The van der Waals surface area contributed by atoms with Crippen molar-refractivity contribution in [2.45, 2.75) is 70.6 Å². The second-order valence-corrected chi connectivity index (χ2v) is 7.18. The predicted octanol–water partition coefficient (Wildman–Crippen LogP) is 2.65. The maximum atomic E-state index is 5.55. The van der Waals surface area contributed by atoms with E-state index in [2.05, 4.69) is 31.0 Å². The minimum atomic E-state index is 0.000485. The highest BCUT2D eigenvalue weighted by Crippen LogP contribution is 2.28. The molecule has 19 heavy (non-hydrogen) atoms. The first-order valence-electron chi connectivity index (χ1n) is 8.03. The van der Waals surface area contributed by atoms with Gasteiger partial charge in [0.2, 0.25) is 0 Å². The fourth-order valence-electron chi connectivity index (χ4n) is 3.12. The maximum absolute atomic E-state index is 5.55. The molecule has 1 heterocycles. The van der Waals surface area contributed by atoms with Crippen LogP contribution in [-0.4, -0.2) is 49.3 Å². The summed E-state index contributed by atoms with van der Waals surface area (Å²) in [5.74, 6) is 0.999. The summed E-state index contributed by atoms with van der Waals surface area (Å²) < 4.78 is 5.55. The lowest BCUT2D eigenvalue weighted by molar-refractivity contribution is -0.00951. The van der Waals surface area contributed by atoms with Crippen molar-refractivity contribution < 1.29 is 4.74 Å². The normalized spacial score (nSPS) is 24.6. The quantitative estimate of drug-likeness (QED) is 0.768. The van der Waals surface area contributed by atoms with E-state index in [1.165, 1.54) is 45.3 Å². The molecule has 0 amide bonds. The Morgan fingerprint density at radius 3 is 2.37 bits per heavy atom. The van der Waals surface area contributed by atoms with Crippen LogP contribution in [0.25, 0.3) is 0 Å². The zero-order valence-electron chi connectivity index (χ0n) is 13.2. The third-order valence-electron chi connectivity index (χ3n) is 4.88. The fourth-order valence-corrected chi connectivity index (χ4v) is 3.12. The monoisotopic (exact) mass is 268 g/mol. The van der Waals surface area contributed by atoms with Crippen LogP contribution in [0.15, 0.2) is 0 Å². The molecular weight excluding hydrogens is 236 g/mol. The van der Waals surface area contributed by atoms with Crippen LogP contribution in [0, 0.1) is 5.92 Å². The largest absolute Gasteiger partial charge is 0.379 e. The predicted molar refractivity (Wildman–Crippen MR) is 80.5 cm³/mol. The van der Waals surface area contributed by atoms with Crippen molar-refractivity contribution in [3.05, 3.63) is 0 Å². The molecule has 1 saturated carbocycles. The smallest absolute Gasteiger partial charge is 0.0637 e. The molecule has 1 saturated heterocycles. The van der Waals surface area contributed by atoms with E-state index in [1.807, 2.05) is 7.11 Å². The van der Waals surface area contributed by atoms with Crippen LogP contribution < -0.4 is 5.32 Å². The lowest BCUT2D eigenvalue weighted by Gasteiger charge is -2.39. The van der Waals surface area contributed by atoms with Gasteiger partial charge in [-0.3, -0.25) is 0 Å². The number of hydrogen-bond acceptors (Lipinski definition) is 3. The van der Waals surface area contributed by atoms with E-state index >= 15 is 0 Å². The third-order valence-corrected chi connectivity index (χ3v) is 4.88. The molecule has 1 unspecified atom stereocenters. The molecule has 0 aromatic rings. The summed E-state index contributed by atoms with van der Waals surface area (Å²) in [7, 11) is 1.82. The molecule has 2 rings (SSSR count). The van der Waals surface area contributed by atoms with E-state index < -0.39 is 0 Å². The summed E-state index contributed by atoms with van der Waals surface area (Å²) in [6, 6.07) is 1.39. The Hall–Kier alpha value is -0.120. The van der Waals surface area contributed by atoms with Gasteiger partial charge in [-0.25, -0.2) is 0 Å². The van der Waals surface area contributed by atoms with E-state index in [4.69, 9.17) is 4.74 Å². The first kappa shape index (κ1) is 15.3. The topological polar surface area (TPSA) is 24.5 Å². The van der Waals surface area contributed by atoms with Gasteiger partial charge in [-0.1, -0.05) is 0 Å². The number of rotatable bonds is 7. The van der Waals surface area contributed by atoms with Gasteiger partial charge in [0.15, 0.2) is 0 Å². The van der Waals surface area contributed by atoms with Crippen molar-refractivity contribution in [3.63, 3.8) is 0 Å². The molecule has 0 radical (unpaired) electrons. The van der Waals surface area contributed by atoms with Crippen LogP contribution in [0.4, 0.5) is 0 Å².